The number of rotatable bonds is 6. The molecule has 0 unspecified atom stereocenters. The van der Waals surface area contributed by atoms with Crippen LogP contribution in [0.2, 0.25) is 0 Å². The second-order valence-electron chi connectivity index (χ2n) is 5.94. The van der Waals surface area contributed by atoms with Gasteiger partial charge in [-0.05, 0) is 42.5 Å². The van der Waals surface area contributed by atoms with Crippen LogP contribution < -0.4 is 10.6 Å². The number of anilines is 1. The Balaban J connectivity index is 1.69. The SMILES string of the molecule is O=C(NCc1ccccn1)c1cccc(NC(=O)c2cccnc2SC(F)(F)F)c1. The molecule has 0 atom stereocenters. The molecule has 0 fully saturated rings. The molecule has 10 heteroatoms. The summed E-state index contributed by atoms with van der Waals surface area (Å²) in [5.41, 5.74) is -3.57. The second-order valence-corrected chi connectivity index (χ2v) is 7.00. The number of nitrogens with one attached hydrogen (secondary N) is 2. The molecule has 3 rings (SSSR count). The zero-order valence-corrected chi connectivity index (χ0v) is 16.1. The molecule has 30 heavy (non-hydrogen) atoms. The number of pyridine rings is 2. The minimum absolute atomic E-state index is 0.218. The van der Waals surface area contributed by atoms with Gasteiger partial charge in [0.2, 0.25) is 0 Å². The summed E-state index contributed by atoms with van der Waals surface area (Å²) in [5, 5.41) is 4.76. The lowest BCUT2D eigenvalue weighted by atomic mass is 10.1. The highest BCUT2D eigenvalue weighted by atomic mass is 32.2. The highest BCUT2D eigenvalue weighted by molar-refractivity contribution is 8.00. The summed E-state index contributed by atoms with van der Waals surface area (Å²) < 4.78 is 38.1. The number of hydrogen-bond acceptors (Lipinski definition) is 5. The van der Waals surface area contributed by atoms with Crippen LogP contribution in [0.1, 0.15) is 26.4 Å². The van der Waals surface area contributed by atoms with Gasteiger partial charge >= 0.3 is 5.51 Å². The highest BCUT2D eigenvalue weighted by Crippen LogP contribution is 2.37. The van der Waals surface area contributed by atoms with Crippen molar-refractivity contribution in [3.8, 4) is 0 Å². The molecule has 0 saturated carbocycles. The van der Waals surface area contributed by atoms with Gasteiger partial charge in [-0.15, -0.1) is 0 Å². The number of aromatic nitrogens is 2. The van der Waals surface area contributed by atoms with Gasteiger partial charge in [-0.1, -0.05) is 12.1 Å². The third-order valence-corrected chi connectivity index (χ3v) is 4.52. The van der Waals surface area contributed by atoms with Gasteiger partial charge < -0.3 is 10.6 Å². The molecular weight excluding hydrogens is 417 g/mol. The largest absolute Gasteiger partial charge is 0.447 e. The smallest absolute Gasteiger partial charge is 0.346 e. The normalized spacial score (nSPS) is 11.0. The predicted octanol–water partition coefficient (Wildman–Crippen LogP) is 4.27. The molecule has 0 saturated heterocycles. The van der Waals surface area contributed by atoms with Crippen LogP contribution in [0.5, 0.6) is 0 Å². The summed E-state index contributed by atoms with van der Waals surface area (Å²) in [7, 11) is 0. The molecule has 0 aliphatic carbocycles. The second kappa shape index (κ2) is 9.40. The van der Waals surface area contributed by atoms with E-state index >= 15 is 0 Å². The number of nitrogens with zero attached hydrogens (tertiary/aromatic N) is 2. The summed E-state index contributed by atoms with van der Waals surface area (Å²) in [4.78, 5) is 32.6. The van der Waals surface area contributed by atoms with E-state index in [0.29, 0.717) is 5.69 Å². The quantitative estimate of drug-likeness (QED) is 0.569. The lowest BCUT2D eigenvalue weighted by Crippen LogP contribution is -2.23. The van der Waals surface area contributed by atoms with E-state index in [9.17, 15) is 22.8 Å². The van der Waals surface area contributed by atoms with Crippen LogP contribution in [0.15, 0.2) is 72.0 Å². The van der Waals surface area contributed by atoms with Gasteiger partial charge in [0.05, 0.1) is 17.8 Å². The molecule has 0 radical (unpaired) electrons. The molecule has 3 aromatic rings. The van der Waals surface area contributed by atoms with Crippen molar-refractivity contribution >= 4 is 29.3 Å². The number of carbonyl (C=O) groups is 2. The first-order valence-corrected chi connectivity index (χ1v) is 9.44. The van der Waals surface area contributed by atoms with Gasteiger partial charge in [0, 0.05) is 35.4 Å². The van der Waals surface area contributed by atoms with E-state index in [1.165, 1.54) is 30.5 Å². The maximum atomic E-state index is 12.7. The molecule has 1 aromatic carbocycles. The summed E-state index contributed by atoms with van der Waals surface area (Å²) in [6, 6.07) is 14.0. The van der Waals surface area contributed by atoms with Crippen molar-refractivity contribution < 1.29 is 22.8 Å². The highest BCUT2D eigenvalue weighted by Gasteiger charge is 2.32. The van der Waals surface area contributed by atoms with Crippen LogP contribution in [-0.2, 0) is 6.54 Å². The van der Waals surface area contributed by atoms with Crippen molar-refractivity contribution in [3.05, 3.63) is 83.8 Å². The third-order valence-electron chi connectivity index (χ3n) is 3.77. The van der Waals surface area contributed by atoms with Crippen LogP contribution in [0.4, 0.5) is 18.9 Å². The van der Waals surface area contributed by atoms with Gasteiger partial charge in [0.1, 0.15) is 5.03 Å². The van der Waals surface area contributed by atoms with Crippen molar-refractivity contribution in [1.82, 2.24) is 15.3 Å². The maximum absolute atomic E-state index is 12.7. The fourth-order valence-electron chi connectivity index (χ4n) is 2.47. The summed E-state index contributed by atoms with van der Waals surface area (Å²) >= 11 is -0.463. The topological polar surface area (TPSA) is 84.0 Å². The van der Waals surface area contributed by atoms with Gasteiger partial charge in [-0.25, -0.2) is 4.98 Å². The molecule has 2 N–H and O–H groups in total. The Bertz CT molecular complexity index is 1050. The average Bonchev–Trinajstić information content (AvgIpc) is 2.72. The summed E-state index contributed by atoms with van der Waals surface area (Å²) in [6.07, 6.45) is 2.79. The first-order chi connectivity index (χ1) is 14.3. The van der Waals surface area contributed by atoms with E-state index in [-0.39, 0.29) is 29.3 Å². The van der Waals surface area contributed by atoms with Crippen molar-refractivity contribution in [1.29, 1.82) is 0 Å². The van der Waals surface area contributed by atoms with E-state index in [1.54, 1.807) is 36.5 Å². The average molecular weight is 432 g/mol. The van der Waals surface area contributed by atoms with Crippen molar-refractivity contribution in [3.63, 3.8) is 0 Å². The Labute approximate surface area is 173 Å². The number of benzene rings is 1. The lowest BCUT2D eigenvalue weighted by Gasteiger charge is -2.11. The van der Waals surface area contributed by atoms with E-state index < -0.39 is 28.2 Å². The van der Waals surface area contributed by atoms with Crippen molar-refractivity contribution in [2.45, 2.75) is 17.1 Å². The van der Waals surface area contributed by atoms with Crippen LogP contribution in [0, 0.1) is 0 Å². The van der Waals surface area contributed by atoms with Gasteiger partial charge in [0.25, 0.3) is 11.8 Å². The molecule has 2 aromatic heterocycles. The van der Waals surface area contributed by atoms with Gasteiger partial charge in [-0.2, -0.15) is 13.2 Å². The van der Waals surface area contributed by atoms with Crippen LogP contribution >= 0.6 is 11.8 Å². The van der Waals surface area contributed by atoms with Gasteiger partial charge in [-0.3, -0.25) is 14.6 Å². The molecule has 154 valence electrons. The fourth-order valence-corrected chi connectivity index (χ4v) is 3.07. The van der Waals surface area contributed by atoms with E-state index in [1.807, 2.05) is 0 Å². The molecular formula is C20H15F3N4O2S. The molecule has 6 nitrogen and oxygen atoms in total. The third kappa shape index (κ3) is 6.05. The maximum Gasteiger partial charge on any atom is 0.447 e. The summed E-state index contributed by atoms with van der Waals surface area (Å²) in [6.45, 7) is 0.226. The standard InChI is InChI=1S/C20H15F3N4O2S/c21-20(22,23)30-19-16(8-4-10-25-19)18(29)27-14-7-3-5-13(11-14)17(28)26-12-15-6-1-2-9-24-15/h1-11H,12H2,(H,26,28)(H,27,29). The monoisotopic (exact) mass is 432 g/mol. The zero-order valence-electron chi connectivity index (χ0n) is 15.3. The number of amides is 2. The van der Waals surface area contributed by atoms with Crippen molar-refractivity contribution in [2.75, 3.05) is 5.32 Å². The minimum Gasteiger partial charge on any atom is -0.346 e. The Morgan fingerprint density at radius 3 is 2.47 bits per heavy atom. The van der Waals surface area contributed by atoms with E-state index in [4.69, 9.17) is 0 Å². The molecule has 0 bridgehead atoms. The Morgan fingerprint density at radius 2 is 1.73 bits per heavy atom. The molecule has 2 heterocycles. The molecule has 0 aliphatic rings. The Morgan fingerprint density at radius 1 is 0.933 bits per heavy atom. The lowest BCUT2D eigenvalue weighted by molar-refractivity contribution is -0.0329. The molecule has 0 aliphatic heterocycles. The van der Waals surface area contributed by atoms with Crippen molar-refractivity contribution in [2.24, 2.45) is 0 Å². The first kappa shape index (κ1) is 21.3. The van der Waals surface area contributed by atoms with Gasteiger partial charge in [0.15, 0.2) is 0 Å². The zero-order chi connectivity index (χ0) is 21.6. The summed E-state index contributed by atoms with van der Waals surface area (Å²) in [5.74, 6) is -1.15. The fraction of sp³-hybridized carbons (Fsp3) is 0.100. The van der Waals surface area contributed by atoms with E-state index in [2.05, 4.69) is 20.6 Å². The van der Waals surface area contributed by atoms with Crippen LogP contribution in [0.3, 0.4) is 0 Å². The first-order valence-electron chi connectivity index (χ1n) is 8.62. The Kier molecular flexibility index (Phi) is 6.68. The van der Waals surface area contributed by atoms with Crippen LogP contribution in [0.25, 0.3) is 0 Å². The predicted molar refractivity (Wildman–Crippen MR) is 106 cm³/mol. The number of hydrogen-bond donors (Lipinski definition) is 2. The number of alkyl halides is 3. The molecule has 2 amide bonds. The number of thioether (sulfide) groups is 1. The minimum atomic E-state index is -4.57. The van der Waals surface area contributed by atoms with E-state index in [0.717, 1.165) is 0 Å². The van der Waals surface area contributed by atoms with Crippen LogP contribution in [-0.4, -0.2) is 27.3 Å². The number of halogens is 3. The Hall–Kier alpha value is -3.40. The number of carbonyl (C=O) groups excluding carboxylic acids is 2. The molecule has 0 spiro atoms.